The van der Waals surface area contributed by atoms with Gasteiger partial charge in [0.25, 0.3) is 0 Å². The summed E-state index contributed by atoms with van der Waals surface area (Å²) in [4.78, 5) is 16.9. The molecule has 118 valence electrons. The molecule has 0 radical (unpaired) electrons. The van der Waals surface area contributed by atoms with E-state index < -0.39 is 0 Å². The van der Waals surface area contributed by atoms with Crippen LogP contribution >= 0.6 is 12.4 Å². The molecule has 0 aromatic heterocycles. The smallest absolute Gasteiger partial charge is 0.231 e. The topological polar surface area (TPSA) is 49.6 Å². The van der Waals surface area contributed by atoms with Gasteiger partial charge in [-0.25, -0.2) is 0 Å². The van der Waals surface area contributed by atoms with E-state index in [-0.39, 0.29) is 30.3 Å². The van der Waals surface area contributed by atoms with Crippen molar-refractivity contribution in [2.75, 3.05) is 29.9 Å². The van der Waals surface area contributed by atoms with Crippen molar-refractivity contribution in [1.82, 2.24) is 0 Å². The Balaban J connectivity index is 0.00000220. The second-order valence-corrected chi connectivity index (χ2v) is 6.07. The van der Waals surface area contributed by atoms with E-state index in [0.717, 1.165) is 24.5 Å². The first-order valence-electron chi connectivity index (χ1n) is 7.29. The molecule has 2 rings (SSSR count). The number of benzene rings is 1. The summed E-state index contributed by atoms with van der Waals surface area (Å²) in [7, 11) is 2.08. The number of hydrogen-bond acceptors (Lipinski definition) is 3. The Bertz CT molecular complexity index is 492. The van der Waals surface area contributed by atoms with Crippen molar-refractivity contribution in [3.05, 3.63) is 24.3 Å². The molecule has 1 aromatic rings. The minimum atomic E-state index is -0.168. The Morgan fingerprint density at radius 2 is 1.81 bits per heavy atom. The molecule has 4 nitrogen and oxygen atoms in total. The van der Waals surface area contributed by atoms with E-state index in [9.17, 15) is 4.79 Å². The van der Waals surface area contributed by atoms with Crippen molar-refractivity contribution in [1.29, 1.82) is 0 Å². The summed E-state index contributed by atoms with van der Waals surface area (Å²) in [6.07, 6.45) is 0. The maximum absolute atomic E-state index is 12.7. The van der Waals surface area contributed by atoms with Crippen LogP contribution in [0.2, 0.25) is 0 Å². The standard InChI is InChI=1S/C16H25N3O.ClH/c1-11-9-18(4)14-7-5-6-8-15(14)19(10-11)16(20)12(2)13(3)17;/h5-8,11-13H,9-10,17H2,1-4H3;1H. The van der Waals surface area contributed by atoms with Gasteiger partial charge in [0.1, 0.15) is 0 Å². The monoisotopic (exact) mass is 311 g/mol. The molecule has 2 N–H and O–H groups in total. The zero-order valence-electron chi connectivity index (χ0n) is 13.2. The molecule has 1 amide bonds. The normalized spacial score (nSPS) is 20.9. The number of carbonyl (C=O) groups excluding carboxylic acids is 1. The van der Waals surface area contributed by atoms with Crippen LogP contribution in [0.5, 0.6) is 0 Å². The lowest BCUT2D eigenvalue weighted by Gasteiger charge is -2.28. The molecule has 1 aliphatic rings. The number of fused-ring (bicyclic) bond motifs is 1. The van der Waals surface area contributed by atoms with Crippen LogP contribution < -0.4 is 15.5 Å². The molecule has 1 heterocycles. The zero-order chi connectivity index (χ0) is 14.9. The quantitative estimate of drug-likeness (QED) is 0.913. The molecule has 0 saturated heterocycles. The van der Waals surface area contributed by atoms with Crippen LogP contribution in [0.3, 0.4) is 0 Å². The summed E-state index contributed by atoms with van der Waals surface area (Å²) < 4.78 is 0. The van der Waals surface area contributed by atoms with Crippen molar-refractivity contribution >= 4 is 29.7 Å². The van der Waals surface area contributed by atoms with Gasteiger partial charge in [0.2, 0.25) is 5.91 Å². The molecule has 21 heavy (non-hydrogen) atoms. The SMILES string of the molecule is CC1CN(C)c2ccccc2N(C(=O)C(C)C(C)N)C1.Cl. The third kappa shape index (κ3) is 3.69. The average molecular weight is 312 g/mol. The van der Waals surface area contributed by atoms with Gasteiger partial charge in [-0.1, -0.05) is 26.0 Å². The van der Waals surface area contributed by atoms with Gasteiger partial charge in [0.15, 0.2) is 0 Å². The fourth-order valence-electron chi connectivity index (χ4n) is 2.73. The first kappa shape index (κ1) is 17.8. The minimum absolute atomic E-state index is 0. The van der Waals surface area contributed by atoms with Crippen LogP contribution in [0.15, 0.2) is 24.3 Å². The van der Waals surface area contributed by atoms with E-state index in [1.165, 1.54) is 0 Å². The molecule has 1 aliphatic heterocycles. The van der Waals surface area contributed by atoms with Crippen molar-refractivity contribution in [2.24, 2.45) is 17.6 Å². The number of halogens is 1. The van der Waals surface area contributed by atoms with Crippen molar-refractivity contribution in [3.8, 4) is 0 Å². The van der Waals surface area contributed by atoms with Crippen LogP contribution in [0.25, 0.3) is 0 Å². The van der Waals surface area contributed by atoms with E-state index in [1.54, 1.807) is 0 Å². The Kier molecular flexibility index (Phi) is 6.05. The van der Waals surface area contributed by atoms with Gasteiger partial charge in [0, 0.05) is 26.2 Å². The fraction of sp³-hybridized carbons (Fsp3) is 0.562. The van der Waals surface area contributed by atoms with Crippen molar-refractivity contribution in [3.63, 3.8) is 0 Å². The largest absolute Gasteiger partial charge is 0.373 e. The molecule has 3 atom stereocenters. The number of anilines is 2. The van der Waals surface area contributed by atoms with E-state index in [4.69, 9.17) is 5.73 Å². The molecule has 5 heteroatoms. The van der Waals surface area contributed by atoms with Crippen molar-refractivity contribution in [2.45, 2.75) is 26.8 Å². The number of nitrogens with zero attached hydrogens (tertiary/aromatic N) is 2. The van der Waals surface area contributed by atoms with Gasteiger partial charge in [-0.3, -0.25) is 4.79 Å². The lowest BCUT2D eigenvalue weighted by Crippen LogP contribution is -2.43. The van der Waals surface area contributed by atoms with Gasteiger partial charge in [-0.05, 0) is 25.0 Å². The highest BCUT2D eigenvalue weighted by molar-refractivity contribution is 5.98. The summed E-state index contributed by atoms with van der Waals surface area (Å²) in [5.41, 5.74) is 8.02. The summed E-state index contributed by atoms with van der Waals surface area (Å²) >= 11 is 0. The molecule has 0 fully saturated rings. The van der Waals surface area contributed by atoms with Gasteiger partial charge in [0.05, 0.1) is 17.3 Å². The van der Waals surface area contributed by atoms with Crippen LogP contribution in [-0.2, 0) is 4.79 Å². The predicted molar refractivity (Wildman–Crippen MR) is 91.3 cm³/mol. The molecule has 3 unspecified atom stereocenters. The molecule has 1 aromatic carbocycles. The number of amides is 1. The second-order valence-electron chi connectivity index (χ2n) is 6.07. The number of hydrogen-bond donors (Lipinski definition) is 1. The highest BCUT2D eigenvalue weighted by atomic mass is 35.5. The van der Waals surface area contributed by atoms with Crippen LogP contribution in [0.4, 0.5) is 11.4 Å². The second kappa shape index (κ2) is 7.14. The van der Waals surface area contributed by atoms with Gasteiger partial charge in [-0.15, -0.1) is 12.4 Å². The molecular weight excluding hydrogens is 286 g/mol. The molecular formula is C16H26ClN3O. The summed E-state index contributed by atoms with van der Waals surface area (Å²) in [6.45, 7) is 7.68. The van der Waals surface area contributed by atoms with Crippen LogP contribution in [0, 0.1) is 11.8 Å². The Morgan fingerprint density at radius 3 is 2.38 bits per heavy atom. The number of rotatable bonds is 2. The van der Waals surface area contributed by atoms with Crippen LogP contribution in [-0.4, -0.2) is 32.1 Å². The number of carbonyl (C=O) groups is 1. The van der Waals surface area contributed by atoms with E-state index in [2.05, 4.69) is 24.9 Å². The van der Waals surface area contributed by atoms with Gasteiger partial charge < -0.3 is 15.5 Å². The van der Waals surface area contributed by atoms with E-state index in [1.807, 2.05) is 36.9 Å². The van der Waals surface area contributed by atoms with Crippen LogP contribution in [0.1, 0.15) is 20.8 Å². The number of para-hydroxylation sites is 2. The highest BCUT2D eigenvalue weighted by Gasteiger charge is 2.30. The maximum Gasteiger partial charge on any atom is 0.231 e. The van der Waals surface area contributed by atoms with E-state index in [0.29, 0.717) is 5.92 Å². The maximum atomic E-state index is 12.7. The third-order valence-electron chi connectivity index (χ3n) is 4.11. The molecule has 0 aliphatic carbocycles. The third-order valence-corrected chi connectivity index (χ3v) is 4.11. The molecule has 0 spiro atoms. The Labute approximate surface area is 133 Å². The fourth-order valence-corrected chi connectivity index (χ4v) is 2.73. The lowest BCUT2D eigenvalue weighted by molar-refractivity contribution is -0.122. The minimum Gasteiger partial charge on any atom is -0.373 e. The Morgan fingerprint density at radius 1 is 1.24 bits per heavy atom. The van der Waals surface area contributed by atoms with Crippen molar-refractivity contribution < 1.29 is 4.79 Å². The summed E-state index contributed by atoms with van der Waals surface area (Å²) in [6, 6.07) is 7.97. The first-order valence-corrected chi connectivity index (χ1v) is 7.29. The lowest BCUT2D eigenvalue weighted by atomic mass is 10.0. The van der Waals surface area contributed by atoms with Gasteiger partial charge >= 0.3 is 0 Å². The van der Waals surface area contributed by atoms with E-state index >= 15 is 0 Å². The highest BCUT2D eigenvalue weighted by Crippen LogP contribution is 2.33. The predicted octanol–water partition coefficient (Wildman–Crippen LogP) is 2.51. The molecule has 0 bridgehead atoms. The average Bonchev–Trinajstić information content (AvgIpc) is 2.54. The summed E-state index contributed by atoms with van der Waals surface area (Å²) in [5, 5.41) is 0. The first-order chi connectivity index (χ1) is 9.41. The molecule has 0 saturated carbocycles. The van der Waals surface area contributed by atoms with Gasteiger partial charge in [-0.2, -0.15) is 0 Å². The summed E-state index contributed by atoms with van der Waals surface area (Å²) in [5.74, 6) is 0.380. The number of nitrogens with two attached hydrogens (primary N) is 1. The zero-order valence-corrected chi connectivity index (χ0v) is 14.1. The Hall–Kier alpha value is -1.26.